The predicted molar refractivity (Wildman–Crippen MR) is 98.1 cm³/mol. The number of para-hydroxylation sites is 2. The molecule has 0 spiro atoms. The third-order valence-corrected chi connectivity index (χ3v) is 3.92. The number of carbonyl (C=O) groups is 1. The predicted octanol–water partition coefficient (Wildman–Crippen LogP) is 4.76. The standard InChI is InChI=1S/C19H16ClN3O/c1-23(16-7-3-2-4-8-16)19(24)14-11-15(13-21-12-14)22-18-10-6-5-9-17(18)20/h2-13,22H,1H3. The van der Waals surface area contributed by atoms with Gasteiger partial charge in [0.25, 0.3) is 5.91 Å². The fraction of sp³-hybridized carbons (Fsp3) is 0.0526. The Labute approximate surface area is 145 Å². The zero-order valence-corrected chi connectivity index (χ0v) is 13.9. The molecule has 0 aliphatic carbocycles. The van der Waals surface area contributed by atoms with Crippen molar-refractivity contribution >= 4 is 34.6 Å². The molecule has 0 radical (unpaired) electrons. The number of amides is 1. The highest BCUT2D eigenvalue weighted by Crippen LogP contribution is 2.25. The number of pyridine rings is 1. The van der Waals surface area contributed by atoms with Crippen LogP contribution in [-0.2, 0) is 0 Å². The number of anilines is 3. The van der Waals surface area contributed by atoms with Crippen LogP contribution in [0.25, 0.3) is 0 Å². The number of halogens is 1. The molecule has 3 aromatic rings. The van der Waals surface area contributed by atoms with E-state index in [1.165, 1.54) is 0 Å². The van der Waals surface area contributed by atoms with Crippen LogP contribution in [0.1, 0.15) is 10.4 Å². The first-order chi connectivity index (χ1) is 11.6. The van der Waals surface area contributed by atoms with E-state index in [1.54, 1.807) is 36.5 Å². The van der Waals surface area contributed by atoms with E-state index in [9.17, 15) is 4.79 Å². The maximum absolute atomic E-state index is 12.6. The summed E-state index contributed by atoms with van der Waals surface area (Å²) >= 11 is 6.15. The van der Waals surface area contributed by atoms with Crippen molar-refractivity contribution in [1.29, 1.82) is 0 Å². The Morgan fingerprint density at radius 1 is 1.04 bits per heavy atom. The molecule has 1 amide bonds. The summed E-state index contributed by atoms with van der Waals surface area (Å²) in [7, 11) is 1.74. The first-order valence-electron chi connectivity index (χ1n) is 7.45. The van der Waals surface area contributed by atoms with E-state index in [0.717, 1.165) is 11.4 Å². The maximum atomic E-state index is 12.6. The lowest BCUT2D eigenvalue weighted by atomic mass is 10.2. The van der Waals surface area contributed by atoms with Gasteiger partial charge >= 0.3 is 0 Å². The lowest BCUT2D eigenvalue weighted by molar-refractivity contribution is 0.0992. The van der Waals surface area contributed by atoms with Crippen molar-refractivity contribution < 1.29 is 4.79 Å². The van der Waals surface area contributed by atoms with E-state index in [2.05, 4.69) is 10.3 Å². The van der Waals surface area contributed by atoms with Gasteiger partial charge in [-0.1, -0.05) is 41.9 Å². The molecule has 2 aromatic carbocycles. The third-order valence-electron chi connectivity index (χ3n) is 3.59. The second kappa shape index (κ2) is 7.15. The highest BCUT2D eigenvalue weighted by molar-refractivity contribution is 6.33. The summed E-state index contributed by atoms with van der Waals surface area (Å²) in [5.74, 6) is -0.128. The Morgan fingerprint density at radius 2 is 1.75 bits per heavy atom. The van der Waals surface area contributed by atoms with Crippen molar-refractivity contribution in [2.75, 3.05) is 17.3 Å². The fourth-order valence-corrected chi connectivity index (χ4v) is 2.49. The van der Waals surface area contributed by atoms with Gasteiger partial charge in [0.15, 0.2) is 0 Å². The van der Waals surface area contributed by atoms with Gasteiger partial charge in [0, 0.05) is 18.9 Å². The Morgan fingerprint density at radius 3 is 2.50 bits per heavy atom. The molecule has 0 bridgehead atoms. The van der Waals surface area contributed by atoms with Crippen LogP contribution in [0.4, 0.5) is 17.1 Å². The average Bonchev–Trinajstić information content (AvgIpc) is 2.63. The lowest BCUT2D eigenvalue weighted by Gasteiger charge is -2.17. The highest BCUT2D eigenvalue weighted by atomic mass is 35.5. The molecular formula is C19H16ClN3O. The third kappa shape index (κ3) is 3.55. The zero-order chi connectivity index (χ0) is 16.9. The van der Waals surface area contributed by atoms with Crippen LogP contribution in [0.5, 0.6) is 0 Å². The molecule has 1 heterocycles. The molecule has 0 saturated carbocycles. The number of carbonyl (C=O) groups excluding carboxylic acids is 1. The summed E-state index contributed by atoms with van der Waals surface area (Å²) in [6.45, 7) is 0. The Bertz CT molecular complexity index is 852. The van der Waals surface area contributed by atoms with Gasteiger partial charge in [-0.25, -0.2) is 0 Å². The lowest BCUT2D eigenvalue weighted by Crippen LogP contribution is -2.26. The summed E-state index contributed by atoms with van der Waals surface area (Å²) in [6.07, 6.45) is 3.21. The van der Waals surface area contributed by atoms with E-state index in [1.807, 2.05) is 48.5 Å². The van der Waals surface area contributed by atoms with Gasteiger partial charge in [0.05, 0.1) is 28.2 Å². The van der Waals surface area contributed by atoms with Crippen LogP contribution in [-0.4, -0.2) is 17.9 Å². The van der Waals surface area contributed by atoms with Crippen molar-refractivity contribution in [2.24, 2.45) is 0 Å². The largest absolute Gasteiger partial charge is 0.353 e. The molecule has 0 unspecified atom stereocenters. The number of nitrogens with zero attached hydrogens (tertiary/aromatic N) is 2. The number of hydrogen-bond donors (Lipinski definition) is 1. The quantitative estimate of drug-likeness (QED) is 0.746. The van der Waals surface area contributed by atoms with E-state index in [4.69, 9.17) is 11.6 Å². The number of rotatable bonds is 4. The van der Waals surface area contributed by atoms with E-state index in [0.29, 0.717) is 16.3 Å². The van der Waals surface area contributed by atoms with Gasteiger partial charge in [-0.3, -0.25) is 9.78 Å². The molecule has 0 saturated heterocycles. The minimum Gasteiger partial charge on any atom is -0.353 e. The molecule has 1 aromatic heterocycles. The molecular weight excluding hydrogens is 322 g/mol. The zero-order valence-electron chi connectivity index (χ0n) is 13.1. The minimum atomic E-state index is -0.128. The molecule has 120 valence electrons. The first kappa shape index (κ1) is 16.0. The van der Waals surface area contributed by atoms with Gasteiger partial charge in [-0.15, -0.1) is 0 Å². The number of hydrogen-bond acceptors (Lipinski definition) is 3. The minimum absolute atomic E-state index is 0.128. The molecule has 4 nitrogen and oxygen atoms in total. The SMILES string of the molecule is CN(C(=O)c1cncc(Nc2ccccc2Cl)c1)c1ccccc1. The number of benzene rings is 2. The van der Waals surface area contributed by atoms with Gasteiger partial charge < -0.3 is 10.2 Å². The molecule has 0 fully saturated rings. The molecule has 24 heavy (non-hydrogen) atoms. The van der Waals surface area contributed by atoms with Gasteiger partial charge in [-0.05, 0) is 30.3 Å². The molecule has 3 rings (SSSR count). The van der Waals surface area contributed by atoms with Crippen molar-refractivity contribution in [3.05, 3.63) is 83.6 Å². The van der Waals surface area contributed by atoms with E-state index < -0.39 is 0 Å². The van der Waals surface area contributed by atoms with Gasteiger partial charge in [-0.2, -0.15) is 0 Å². The fourth-order valence-electron chi connectivity index (χ4n) is 2.31. The Balaban J connectivity index is 1.82. The molecule has 5 heteroatoms. The first-order valence-corrected chi connectivity index (χ1v) is 7.82. The van der Waals surface area contributed by atoms with E-state index in [-0.39, 0.29) is 5.91 Å². The summed E-state index contributed by atoms with van der Waals surface area (Å²) in [5, 5.41) is 3.79. The van der Waals surface area contributed by atoms with Crippen LogP contribution in [0.15, 0.2) is 73.1 Å². The normalized spacial score (nSPS) is 10.2. The molecule has 1 N–H and O–H groups in total. The summed E-state index contributed by atoms with van der Waals surface area (Å²) in [4.78, 5) is 18.4. The molecule has 0 atom stereocenters. The maximum Gasteiger partial charge on any atom is 0.259 e. The molecule has 0 aliphatic heterocycles. The molecule has 0 aliphatic rings. The number of nitrogens with one attached hydrogen (secondary N) is 1. The summed E-state index contributed by atoms with van der Waals surface area (Å²) in [6, 6.07) is 18.7. The van der Waals surface area contributed by atoms with Crippen LogP contribution in [0.3, 0.4) is 0 Å². The van der Waals surface area contributed by atoms with Crippen molar-refractivity contribution in [3.63, 3.8) is 0 Å². The average molecular weight is 338 g/mol. The monoisotopic (exact) mass is 337 g/mol. The Kier molecular flexibility index (Phi) is 4.77. The summed E-state index contributed by atoms with van der Waals surface area (Å²) in [5.41, 5.74) is 2.79. The topological polar surface area (TPSA) is 45.2 Å². The van der Waals surface area contributed by atoms with Crippen LogP contribution in [0.2, 0.25) is 5.02 Å². The Hall–Kier alpha value is -2.85. The number of aromatic nitrogens is 1. The van der Waals surface area contributed by atoms with Crippen molar-refractivity contribution in [1.82, 2.24) is 4.98 Å². The second-order valence-corrected chi connectivity index (χ2v) is 5.67. The van der Waals surface area contributed by atoms with E-state index >= 15 is 0 Å². The summed E-state index contributed by atoms with van der Waals surface area (Å²) < 4.78 is 0. The van der Waals surface area contributed by atoms with Crippen LogP contribution < -0.4 is 10.2 Å². The van der Waals surface area contributed by atoms with Gasteiger partial charge in [0.1, 0.15) is 0 Å². The van der Waals surface area contributed by atoms with Crippen molar-refractivity contribution in [3.8, 4) is 0 Å². The second-order valence-electron chi connectivity index (χ2n) is 5.27. The van der Waals surface area contributed by atoms with Gasteiger partial charge in [0.2, 0.25) is 0 Å². The van der Waals surface area contributed by atoms with Crippen molar-refractivity contribution in [2.45, 2.75) is 0 Å². The highest BCUT2D eigenvalue weighted by Gasteiger charge is 2.14. The smallest absolute Gasteiger partial charge is 0.259 e. The van der Waals surface area contributed by atoms with Crippen LogP contribution >= 0.6 is 11.6 Å². The van der Waals surface area contributed by atoms with Crippen LogP contribution in [0, 0.1) is 0 Å².